The minimum Gasteiger partial charge on any atom is -0.505 e. The Bertz CT molecular complexity index is 1050. The van der Waals surface area contributed by atoms with Crippen molar-refractivity contribution in [3.05, 3.63) is 79.6 Å². The molecule has 1 heterocycles. The number of rotatable bonds is 3. The second kappa shape index (κ2) is 7.31. The molecule has 2 aromatic carbocycles. The van der Waals surface area contributed by atoms with E-state index in [0.29, 0.717) is 22.0 Å². The van der Waals surface area contributed by atoms with Crippen molar-refractivity contribution in [2.24, 2.45) is 0 Å². The molecule has 0 aliphatic rings. The van der Waals surface area contributed by atoms with Crippen LogP contribution < -0.4 is 10.9 Å². The van der Waals surface area contributed by atoms with Crippen LogP contribution in [0.5, 0.6) is 5.75 Å². The van der Waals surface area contributed by atoms with Crippen molar-refractivity contribution in [3.8, 4) is 11.4 Å². The Balaban J connectivity index is 2.00. The van der Waals surface area contributed by atoms with Crippen LogP contribution in [0.4, 0.5) is 5.69 Å². The van der Waals surface area contributed by atoms with Crippen molar-refractivity contribution >= 4 is 39.1 Å². The van der Waals surface area contributed by atoms with Gasteiger partial charge in [0.1, 0.15) is 0 Å². The highest BCUT2D eigenvalue weighted by Gasteiger charge is 2.18. The number of aromatic nitrogens is 2. The van der Waals surface area contributed by atoms with E-state index in [1.165, 1.54) is 0 Å². The minimum absolute atomic E-state index is 0.271. The number of carbonyl (C=O) groups excluding carboxylic acids is 1. The van der Waals surface area contributed by atoms with Gasteiger partial charge in [-0.05, 0) is 48.9 Å². The van der Waals surface area contributed by atoms with E-state index in [4.69, 9.17) is 11.6 Å². The van der Waals surface area contributed by atoms with Gasteiger partial charge in [-0.1, -0.05) is 33.6 Å². The summed E-state index contributed by atoms with van der Waals surface area (Å²) in [7, 11) is 0. The lowest BCUT2D eigenvalue weighted by Crippen LogP contribution is -2.25. The summed E-state index contributed by atoms with van der Waals surface area (Å²) >= 11 is 9.36. The van der Waals surface area contributed by atoms with Gasteiger partial charge < -0.3 is 10.4 Å². The summed E-state index contributed by atoms with van der Waals surface area (Å²) < 4.78 is 1.88. The second-order valence-corrected chi connectivity index (χ2v) is 6.79. The molecule has 6 nitrogen and oxygen atoms in total. The van der Waals surface area contributed by atoms with Crippen LogP contribution in [0.1, 0.15) is 16.1 Å². The van der Waals surface area contributed by atoms with Crippen molar-refractivity contribution in [2.75, 3.05) is 5.32 Å². The highest BCUT2D eigenvalue weighted by molar-refractivity contribution is 9.10. The maximum absolute atomic E-state index is 12.5. The van der Waals surface area contributed by atoms with Crippen LogP contribution in [0.3, 0.4) is 0 Å². The van der Waals surface area contributed by atoms with E-state index >= 15 is 0 Å². The molecular formula is C18H13BrClN3O3. The molecule has 132 valence electrons. The Morgan fingerprint density at radius 3 is 2.62 bits per heavy atom. The molecule has 3 aromatic rings. The maximum Gasteiger partial charge on any atom is 0.280 e. The molecule has 0 aliphatic carbocycles. The number of nitrogens with zero attached hydrogens (tertiary/aromatic N) is 2. The molecular weight excluding hydrogens is 422 g/mol. The van der Waals surface area contributed by atoms with Gasteiger partial charge in [0.25, 0.3) is 11.5 Å². The molecule has 0 atom stereocenters. The van der Waals surface area contributed by atoms with Crippen LogP contribution in [0.2, 0.25) is 5.02 Å². The molecule has 1 amide bonds. The zero-order chi connectivity index (χ0) is 18.8. The number of benzene rings is 2. The molecule has 0 fully saturated rings. The van der Waals surface area contributed by atoms with Crippen LogP contribution in [-0.2, 0) is 0 Å². The fourth-order valence-electron chi connectivity index (χ4n) is 2.30. The van der Waals surface area contributed by atoms with Crippen molar-refractivity contribution in [2.45, 2.75) is 6.92 Å². The fourth-order valence-corrected chi connectivity index (χ4v) is 2.74. The van der Waals surface area contributed by atoms with Crippen molar-refractivity contribution < 1.29 is 9.90 Å². The molecule has 26 heavy (non-hydrogen) atoms. The average molecular weight is 435 g/mol. The molecule has 3 rings (SSSR count). The van der Waals surface area contributed by atoms with Gasteiger partial charge in [0, 0.05) is 21.2 Å². The standard InChI is InChI=1S/C18H13BrClN3O3/c1-10-13(20)3-2-4-14(10)21-18(26)17-15(24)9-16(25)23(22-17)12-7-5-11(19)6-8-12/h2-9,24H,1H3,(H,21,26). The normalized spacial score (nSPS) is 10.6. The van der Waals surface area contributed by atoms with Crippen molar-refractivity contribution in [3.63, 3.8) is 0 Å². The van der Waals surface area contributed by atoms with Crippen LogP contribution in [0, 0.1) is 6.92 Å². The third kappa shape index (κ3) is 3.63. The lowest BCUT2D eigenvalue weighted by molar-refractivity contribution is 0.101. The van der Waals surface area contributed by atoms with E-state index in [9.17, 15) is 14.7 Å². The van der Waals surface area contributed by atoms with Gasteiger partial charge in [0.05, 0.1) is 5.69 Å². The van der Waals surface area contributed by atoms with E-state index in [2.05, 4.69) is 26.3 Å². The smallest absolute Gasteiger partial charge is 0.280 e. The molecule has 0 saturated carbocycles. The molecule has 0 saturated heterocycles. The first-order valence-corrected chi connectivity index (χ1v) is 8.69. The van der Waals surface area contributed by atoms with Gasteiger partial charge in [0.15, 0.2) is 11.4 Å². The maximum atomic E-state index is 12.5. The number of hydrogen-bond acceptors (Lipinski definition) is 4. The van der Waals surface area contributed by atoms with E-state index < -0.39 is 17.2 Å². The van der Waals surface area contributed by atoms with Crippen molar-refractivity contribution in [1.29, 1.82) is 0 Å². The Morgan fingerprint density at radius 1 is 1.23 bits per heavy atom. The Morgan fingerprint density at radius 2 is 1.92 bits per heavy atom. The zero-order valence-electron chi connectivity index (χ0n) is 13.5. The van der Waals surface area contributed by atoms with Gasteiger partial charge in [0.2, 0.25) is 0 Å². The third-order valence-electron chi connectivity index (χ3n) is 3.71. The van der Waals surface area contributed by atoms with E-state index in [0.717, 1.165) is 15.2 Å². The molecule has 8 heteroatoms. The summed E-state index contributed by atoms with van der Waals surface area (Å²) in [5, 5.41) is 17.2. The first-order chi connectivity index (χ1) is 12.4. The third-order valence-corrected chi connectivity index (χ3v) is 4.65. The number of anilines is 1. The summed E-state index contributed by atoms with van der Waals surface area (Å²) in [6.07, 6.45) is 0. The van der Waals surface area contributed by atoms with Crippen LogP contribution >= 0.6 is 27.5 Å². The van der Waals surface area contributed by atoms with Gasteiger partial charge in [-0.15, -0.1) is 0 Å². The van der Waals surface area contributed by atoms with Gasteiger partial charge in [-0.3, -0.25) is 9.59 Å². The summed E-state index contributed by atoms with van der Waals surface area (Å²) in [6, 6.07) is 12.8. The molecule has 0 spiro atoms. The van der Waals surface area contributed by atoms with E-state index in [-0.39, 0.29) is 5.69 Å². The first kappa shape index (κ1) is 18.2. The Labute approximate surface area is 162 Å². The predicted molar refractivity (Wildman–Crippen MR) is 103 cm³/mol. The molecule has 0 radical (unpaired) electrons. The summed E-state index contributed by atoms with van der Waals surface area (Å²) in [4.78, 5) is 24.7. The zero-order valence-corrected chi connectivity index (χ0v) is 15.9. The number of amides is 1. The molecule has 0 unspecified atom stereocenters. The van der Waals surface area contributed by atoms with Gasteiger partial charge in [-0.25, -0.2) is 0 Å². The highest BCUT2D eigenvalue weighted by Crippen LogP contribution is 2.24. The molecule has 0 aliphatic heterocycles. The SMILES string of the molecule is Cc1c(Cl)cccc1NC(=O)c1nn(-c2ccc(Br)cc2)c(=O)cc1O. The summed E-state index contributed by atoms with van der Waals surface area (Å²) in [5.41, 5.74) is 0.812. The number of carbonyl (C=O) groups is 1. The molecule has 2 N–H and O–H groups in total. The lowest BCUT2D eigenvalue weighted by Gasteiger charge is -2.11. The monoisotopic (exact) mass is 433 g/mol. The lowest BCUT2D eigenvalue weighted by atomic mass is 10.2. The molecule has 0 bridgehead atoms. The second-order valence-electron chi connectivity index (χ2n) is 5.47. The van der Waals surface area contributed by atoms with Crippen LogP contribution in [-0.4, -0.2) is 20.8 Å². The number of nitrogens with one attached hydrogen (secondary N) is 1. The topological polar surface area (TPSA) is 84.2 Å². The van der Waals surface area contributed by atoms with Crippen molar-refractivity contribution in [1.82, 2.24) is 9.78 Å². The first-order valence-electron chi connectivity index (χ1n) is 7.52. The number of hydrogen-bond donors (Lipinski definition) is 2. The fraction of sp³-hybridized carbons (Fsp3) is 0.0556. The van der Waals surface area contributed by atoms with Gasteiger partial charge >= 0.3 is 0 Å². The van der Waals surface area contributed by atoms with Gasteiger partial charge in [-0.2, -0.15) is 9.78 Å². The summed E-state index contributed by atoms with van der Waals surface area (Å²) in [5.74, 6) is -1.15. The Hall–Kier alpha value is -2.64. The average Bonchev–Trinajstić information content (AvgIpc) is 2.60. The summed E-state index contributed by atoms with van der Waals surface area (Å²) in [6.45, 7) is 1.76. The highest BCUT2D eigenvalue weighted by atomic mass is 79.9. The van der Waals surface area contributed by atoms with Crippen LogP contribution in [0.25, 0.3) is 5.69 Å². The van der Waals surface area contributed by atoms with Crippen LogP contribution in [0.15, 0.2) is 57.8 Å². The molecule has 1 aromatic heterocycles. The number of aromatic hydroxyl groups is 1. The Kier molecular flexibility index (Phi) is 5.11. The predicted octanol–water partition coefficient (Wildman–Crippen LogP) is 3.91. The minimum atomic E-state index is -0.654. The quantitative estimate of drug-likeness (QED) is 0.654. The van der Waals surface area contributed by atoms with E-state index in [1.54, 1.807) is 49.4 Å². The van der Waals surface area contributed by atoms with E-state index in [1.807, 2.05) is 0 Å². The largest absolute Gasteiger partial charge is 0.505 e. The number of halogens is 2.